The van der Waals surface area contributed by atoms with E-state index in [2.05, 4.69) is 15.3 Å². The summed E-state index contributed by atoms with van der Waals surface area (Å²) in [6.45, 7) is 2.08. The molecule has 0 aliphatic carbocycles. The first-order valence-electron chi connectivity index (χ1n) is 6.40. The van der Waals surface area contributed by atoms with Crippen molar-refractivity contribution in [3.63, 3.8) is 0 Å². The zero-order valence-corrected chi connectivity index (χ0v) is 11.3. The molecule has 3 aromatic rings. The minimum Gasteiger partial charge on any atom is -0.381 e. The van der Waals surface area contributed by atoms with Crippen molar-refractivity contribution in [2.75, 3.05) is 5.73 Å². The lowest BCUT2D eigenvalue weighted by atomic mass is 10.3. The maximum atomic E-state index is 11.3. The molecular formula is C12H13N7O2. The minimum atomic E-state index is -0.443. The van der Waals surface area contributed by atoms with Gasteiger partial charge in [0, 0.05) is 6.07 Å². The first-order valence-corrected chi connectivity index (χ1v) is 6.40. The number of nitro groups is 1. The summed E-state index contributed by atoms with van der Waals surface area (Å²) >= 11 is 0. The van der Waals surface area contributed by atoms with Crippen LogP contribution in [0.3, 0.4) is 0 Å². The number of nitrogens with zero attached hydrogens (tertiary/aromatic N) is 6. The molecule has 0 unspecified atom stereocenters. The molecule has 0 fully saturated rings. The fourth-order valence-electron chi connectivity index (χ4n) is 2.31. The van der Waals surface area contributed by atoms with Crippen LogP contribution in [0.15, 0.2) is 24.4 Å². The molecule has 21 heavy (non-hydrogen) atoms. The Hall–Kier alpha value is -2.97. The van der Waals surface area contributed by atoms with Gasteiger partial charge in [-0.3, -0.25) is 0 Å². The Bertz CT molecular complexity index is 820. The van der Waals surface area contributed by atoms with Gasteiger partial charge in [-0.05, 0) is 17.4 Å². The Morgan fingerprint density at radius 1 is 1.43 bits per heavy atom. The van der Waals surface area contributed by atoms with Gasteiger partial charge >= 0.3 is 5.82 Å². The van der Waals surface area contributed by atoms with E-state index in [9.17, 15) is 10.1 Å². The van der Waals surface area contributed by atoms with Crippen LogP contribution in [-0.2, 0) is 13.0 Å². The van der Waals surface area contributed by atoms with Crippen LogP contribution in [0.4, 0.5) is 11.6 Å². The Labute approximate surface area is 119 Å². The fraction of sp³-hybridized carbons (Fsp3) is 0.250. The van der Waals surface area contributed by atoms with Crippen LogP contribution in [0.5, 0.6) is 0 Å². The maximum absolute atomic E-state index is 11.3. The average molecular weight is 287 g/mol. The van der Waals surface area contributed by atoms with Crippen molar-refractivity contribution in [1.82, 2.24) is 24.4 Å². The van der Waals surface area contributed by atoms with Gasteiger partial charge in [-0.2, -0.15) is 4.40 Å². The third kappa shape index (κ3) is 2.08. The number of rotatable bonds is 4. The molecule has 0 amide bonds. The topological polar surface area (TPSA) is 117 Å². The number of hydrogen-bond acceptors (Lipinski definition) is 6. The highest BCUT2D eigenvalue weighted by Crippen LogP contribution is 2.22. The number of pyridine rings is 1. The standard InChI is InChI=1S/C12H13N7O2/c1-2-9-11(13)15-16-18(9)7-8-12(19(20)21)17-6-4-3-5-10(17)14-8/h3-6H,2,7,13H2,1H3. The number of nitrogen functional groups attached to an aromatic ring is 1. The van der Waals surface area contributed by atoms with Gasteiger partial charge in [-0.1, -0.05) is 18.2 Å². The van der Waals surface area contributed by atoms with Gasteiger partial charge in [0.05, 0.1) is 18.4 Å². The van der Waals surface area contributed by atoms with E-state index in [1.54, 1.807) is 29.1 Å². The minimum absolute atomic E-state index is 0.0678. The average Bonchev–Trinajstić information content (AvgIpc) is 2.99. The molecule has 3 rings (SSSR count). The van der Waals surface area contributed by atoms with Crippen molar-refractivity contribution in [3.8, 4) is 0 Å². The van der Waals surface area contributed by atoms with Gasteiger partial charge in [0.1, 0.15) is 0 Å². The number of fused-ring (bicyclic) bond motifs is 1. The van der Waals surface area contributed by atoms with E-state index in [-0.39, 0.29) is 12.4 Å². The van der Waals surface area contributed by atoms with Crippen LogP contribution >= 0.6 is 0 Å². The summed E-state index contributed by atoms with van der Waals surface area (Å²) in [4.78, 5) is 15.2. The van der Waals surface area contributed by atoms with E-state index >= 15 is 0 Å². The molecule has 0 bridgehead atoms. The number of hydrogen-bond donors (Lipinski definition) is 1. The molecule has 2 N–H and O–H groups in total. The molecule has 3 aromatic heterocycles. The van der Waals surface area contributed by atoms with E-state index in [1.165, 1.54) is 4.40 Å². The highest BCUT2D eigenvalue weighted by Gasteiger charge is 2.23. The van der Waals surface area contributed by atoms with Crippen LogP contribution < -0.4 is 5.73 Å². The predicted molar refractivity (Wildman–Crippen MR) is 74.8 cm³/mol. The summed E-state index contributed by atoms with van der Waals surface area (Å²) in [6.07, 6.45) is 2.25. The molecule has 0 saturated heterocycles. The maximum Gasteiger partial charge on any atom is 0.353 e. The first kappa shape index (κ1) is 13.0. The molecule has 0 atom stereocenters. The van der Waals surface area contributed by atoms with E-state index in [0.29, 0.717) is 23.6 Å². The second-order valence-corrected chi connectivity index (χ2v) is 4.50. The molecule has 0 saturated carbocycles. The SMILES string of the molecule is CCc1c(N)nnn1Cc1nc2ccccn2c1[N+](=O)[O-]. The molecule has 0 radical (unpaired) electrons. The van der Waals surface area contributed by atoms with Crippen molar-refractivity contribution in [2.45, 2.75) is 19.9 Å². The zero-order chi connectivity index (χ0) is 15.0. The van der Waals surface area contributed by atoms with Gasteiger partial charge in [-0.25, -0.2) is 9.67 Å². The third-order valence-corrected chi connectivity index (χ3v) is 3.25. The molecule has 108 valence electrons. The summed E-state index contributed by atoms with van der Waals surface area (Å²) in [5.74, 6) is 0.269. The zero-order valence-electron chi connectivity index (χ0n) is 11.3. The molecule has 3 heterocycles. The van der Waals surface area contributed by atoms with Crippen LogP contribution in [0.25, 0.3) is 5.65 Å². The Balaban J connectivity index is 2.12. The largest absolute Gasteiger partial charge is 0.381 e. The predicted octanol–water partition coefficient (Wildman–Crippen LogP) is 1.03. The van der Waals surface area contributed by atoms with Crippen molar-refractivity contribution >= 4 is 17.3 Å². The fourth-order valence-corrected chi connectivity index (χ4v) is 2.31. The summed E-state index contributed by atoms with van der Waals surface area (Å²) in [5.41, 5.74) is 7.31. The molecule has 0 spiro atoms. The number of imidazole rings is 1. The van der Waals surface area contributed by atoms with Gasteiger partial charge in [0.15, 0.2) is 11.5 Å². The lowest BCUT2D eigenvalue weighted by Crippen LogP contribution is -2.09. The van der Waals surface area contributed by atoms with Gasteiger partial charge in [-0.15, -0.1) is 5.10 Å². The second kappa shape index (κ2) is 4.85. The van der Waals surface area contributed by atoms with Crippen LogP contribution in [0, 0.1) is 10.1 Å². The Morgan fingerprint density at radius 3 is 2.95 bits per heavy atom. The molecule has 0 aromatic carbocycles. The highest BCUT2D eigenvalue weighted by atomic mass is 16.6. The highest BCUT2D eigenvalue weighted by molar-refractivity contribution is 5.49. The normalized spacial score (nSPS) is 11.1. The molecule has 0 aliphatic heterocycles. The van der Waals surface area contributed by atoms with E-state index in [0.717, 1.165) is 5.69 Å². The Morgan fingerprint density at radius 2 is 2.24 bits per heavy atom. The first-order chi connectivity index (χ1) is 10.1. The summed E-state index contributed by atoms with van der Waals surface area (Å²) in [7, 11) is 0. The van der Waals surface area contributed by atoms with Gasteiger partial charge in [0.2, 0.25) is 5.65 Å². The van der Waals surface area contributed by atoms with Crippen LogP contribution in [0.2, 0.25) is 0 Å². The number of nitrogens with two attached hydrogens (primary N) is 1. The summed E-state index contributed by atoms with van der Waals surface area (Å²) in [5, 5.41) is 19.0. The van der Waals surface area contributed by atoms with Gasteiger partial charge < -0.3 is 15.8 Å². The smallest absolute Gasteiger partial charge is 0.353 e. The lowest BCUT2D eigenvalue weighted by molar-refractivity contribution is -0.391. The quantitative estimate of drug-likeness (QED) is 0.565. The van der Waals surface area contributed by atoms with Crippen molar-refractivity contribution < 1.29 is 4.92 Å². The summed E-state index contributed by atoms with van der Waals surface area (Å²) in [6, 6.07) is 5.21. The lowest BCUT2D eigenvalue weighted by Gasteiger charge is -2.02. The number of anilines is 1. The van der Waals surface area contributed by atoms with Crippen LogP contribution in [-0.4, -0.2) is 29.3 Å². The molecule has 9 nitrogen and oxygen atoms in total. The number of aromatic nitrogens is 5. The van der Waals surface area contributed by atoms with E-state index < -0.39 is 4.92 Å². The Kier molecular flexibility index (Phi) is 3.01. The van der Waals surface area contributed by atoms with Gasteiger partial charge in [0.25, 0.3) is 0 Å². The molecule has 0 aliphatic rings. The third-order valence-electron chi connectivity index (χ3n) is 3.25. The summed E-state index contributed by atoms with van der Waals surface area (Å²) < 4.78 is 2.99. The monoisotopic (exact) mass is 287 g/mol. The van der Waals surface area contributed by atoms with E-state index in [4.69, 9.17) is 5.73 Å². The van der Waals surface area contributed by atoms with Crippen molar-refractivity contribution in [1.29, 1.82) is 0 Å². The van der Waals surface area contributed by atoms with Crippen molar-refractivity contribution in [3.05, 3.63) is 45.9 Å². The molecular weight excluding hydrogens is 274 g/mol. The second-order valence-electron chi connectivity index (χ2n) is 4.50. The van der Waals surface area contributed by atoms with Crippen molar-refractivity contribution in [2.24, 2.45) is 0 Å². The molecule has 9 heteroatoms. The van der Waals surface area contributed by atoms with E-state index in [1.807, 2.05) is 6.92 Å². The van der Waals surface area contributed by atoms with Crippen LogP contribution in [0.1, 0.15) is 18.3 Å².